The summed E-state index contributed by atoms with van der Waals surface area (Å²) in [4.78, 5) is 17.6. The van der Waals surface area contributed by atoms with Crippen LogP contribution in [0.2, 0.25) is 0 Å². The van der Waals surface area contributed by atoms with Crippen molar-refractivity contribution < 1.29 is 4.79 Å². The van der Waals surface area contributed by atoms with Gasteiger partial charge in [-0.3, -0.25) is 4.79 Å². The van der Waals surface area contributed by atoms with E-state index in [-0.39, 0.29) is 16.6 Å². The van der Waals surface area contributed by atoms with E-state index in [1.807, 2.05) is 24.3 Å². The first kappa shape index (κ1) is 27.7. The number of benzene rings is 2. The molecule has 1 fully saturated rings. The number of ketones is 1. The molecule has 2 aromatic rings. The van der Waals surface area contributed by atoms with Gasteiger partial charge in [-0.25, -0.2) is 0 Å². The van der Waals surface area contributed by atoms with Gasteiger partial charge in [-0.15, -0.1) is 0 Å². The molecule has 0 amide bonds. The number of carbonyl (C=O) groups excluding carboxylic acids is 1. The van der Waals surface area contributed by atoms with Crippen molar-refractivity contribution in [1.82, 2.24) is 0 Å². The lowest BCUT2D eigenvalue weighted by Gasteiger charge is -2.27. The van der Waals surface area contributed by atoms with Crippen molar-refractivity contribution in [2.45, 2.75) is 64.2 Å². The molecule has 206 valence electrons. The first-order valence-electron chi connectivity index (χ1n) is 14.6. The van der Waals surface area contributed by atoms with Crippen molar-refractivity contribution in [3.8, 4) is 0 Å². The molecular weight excluding hydrogens is 488 g/mol. The normalized spacial score (nSPS) is 28.4. The fourth-order valence-corrected chi connectivity index (χ4v) is 6.73. The molecule has 2 heterocycles. The predicted molar refractivity (Wildman–Crippen MR) is 170 cm³/mol. The Hall–Kier alpha value is -3.85. The summed E-state index contributed by atoms with van der Waals surface area (Å²) in [5, 5.41) is 0. The minimum Gasteiger partial charge on any atom is -0.347 e. The number of carbonyl (C=O) groups is 1. The highest BCUT2D eigenvalue weighted by atomic mass is 16.1. The zero-order valence-corrected chi connectivity index (χ0v) is 24.9. The maximum atomic E-state index is 13.1. The highest BCUT2D eigenvalue weighted by molar-refractivity contribution is 6.11. The molecule has 3 nitrogen and oxygen atoms in total. The molecule has 0 aromatic heterocycles. The number of hydrogen-bond donors (Lipinski definition) is 0. The van der Waals surface area contributed by atoms with Crippen molar-refractivity contribution in [1.29, 1.82) is 0 Å². The van der Waals surface area contributed by atoms with Crippen molar-refractivity contribution in [3.05, 3.63) is 131 Å². The second-order valence-corrected chi connectivity index (χ2v) is 11.6. The van der Waals surface area contributed by atoms with E-state index in [4.69, 9.17) is 0 Å². The Balaban J connectivity index is 1.27. The maximum absolute atomic E-state index is 13.1. The van der Waals surface area contributed by atoms with E-state index in [0.717, 1.165) is 36.8 Å². The number of hydrogen-bond acceptors (Lipinski definition) is 3. The minimum atomic E-state index is -0.00574. The molecule has 0 N–H and O–H groups in total. The lowest BCUT2D eigenvalue weighted by molar-refractivity contribution is -0.111. The van der Waals surface area contributed by atoms with Gasteiger partial charge in [0.05, 0.1) is 0 Å². The van der Waals surface area contributed by atoms with Crippen LogP contribution in [0.15, 0.2) is 120 Å². The first-order chi connectivity index (χ1) is 19.3. The SMILES string of the molecule is CCC1(C)\C(=C/C=C/C=C2\CC\C(=C/C=C/C=C3/N(C)c4ccccc4C3(C)CC)C2=O)N(C)c2ccccc21. The fraction of sp³-hybridized carbons (Fsp3) is 0.324. The molecule has 3 aliphatic rings. The number of likely N-dealkylation sites (N-methyl/N-ethyl adjacent to an activating group) is 2. The molecule has 0 spiro atoms. The van der Waals surface area contributed by atoms with Crippen LogP contribution in [0.5, 0.6) is 0 Å². The van der Waals surface area contributed by atoms with Gasteiger partial charge < -0.3 is 9.80 Å². The minimum absolute atomic E-state index is 0.00574. The Kier molecular flexibility index (Phi) is 7.59. The molecule has 0 saturated heterocycles. The topological polar surface area (TPSA) is 23.6 Å². The smallest absolute Gasteiger partial charge is 0.185 e. The van der Waals surface area contributed by atoms with Crippen LogP contribution in [0.25, 0.3) is 0 Å². The third kappa shape index (κ3) is 4.52. The van der Waals surface area contributed by atoms with E-state index in [9.17, 15) is 4.79 Å². The van der Waals surface area contributed by atoms with E-state index in [2.05, 4.69) is 124 Å². The number of para-hydroxylation sites is 2. The van der Waals surface area contributed by atoms with Crippen molar-refractivity contribution in [3.63, 3.8) is 0 Å². The molecule has 2 unspecified atom stereocenters. The molecule has 2 atom stereocenters. The molecular formula is C37H42N2O. The number of allylic oxidation sites excluding steroid dienone is 12. The lowest BCUT2D eigenvalue weighted by atomic mass is 9.79. The summed E-state index contributed by atoms with van der Waals surface area (Å²) in [6.45, 7) is 9.14. The standard InChI is InChI=1S/C37H42N2O/c1-7-36(3)29-19-11-13-21-31(29)38(5)33(36)23-15-9-17-27-25-26-28(35(27)40)18-10-16-24-34-37(4,8-2)30-20-12-14-22-32(30)39(34)6/h9-24H,7-8,25-26H2,1-6H3/b15-9+,16-10+,27-17+,28-18+,33-23+,34-24+. The monoisotopic (exact) mass is 530 g/mol. The van der Waals surface area contributed by atoms with Gasteiger partial charge in [0.25, 0.3) is 0 Å². The summed E-state index contributed by atoms with van der Waals surface area (Å²) in [5.41, 5.74) is 9.66. The molecule has 5 rings (SSSR count). The summed E-state index contributed by atoms with van der Waals surface area (Å²) >= 11 is 0. The molecule has 3 heteroatoms. The lowest BCUT2D eigenvalue weighted by Crippen LogP contribution is -2.25. The van der Waals surface area contributed by atoms with Gasteiger partial charge in [0.1, 0.15) is 0 Å². The second-order valence-electron chi connectivity index (χ2n) is 11.6. The van der Waals surface area contributed by atoms with E-state index in [0.29, 0.717) is 0 Å². The summed E-state index contributed by atoms with van der Waals surface area (Å²) in [5.74, 6) is 0.169. The van der Waals surface area contributed by atoms with Crippen LogP contribution >= 0.6 is 0 Å². The summed E-state index contributed by atoms with van der Waals surface area (Å²) in [6.07, 6.45) is 20.3. The Morgan fingerprint density at radius 2 is 1.02 bits per heavy atom. The van der Waals surface area contributed by atoms with Crippen LogP contribution in [0, 0.1) is 0 Å². The number of nitrogens with zero attached hydrogens (tertiary/aromatic N) is 2. The third-order valence-electron chi connectivity index (χ3n) is 9.56. The zero-order valence-electron chi connectivity index (χ0n) is 24.9. The predicted octanol–water partition coefficient (Wildman–Crippen LogP) is 8.72. The highest BCUT2D eigenvalue weighted by Gasteiger charge is 2.41. The molecule has 2 aromatic carbocycles. The Labute approximate surface area is 240 Å². The zero-order chi connectivity index (χ0) is 28.5. The second kappa shape index (κ2) is 11.0. The molecule has 40 heavy (non-hydrogen) atoms. The van der Waals surface area contributed by atoms with Gasteiger partial charge in [0, 0.05) is 58.8 Å². The molecule has 2 aliphatic heterocycles. The first-order valence-corrected chi connectivity index (χ1v) is 14.6. The Bertz CT molecular complexity index is 1390. The van der Waals surface area contributed by atoms with Crippen LogP contribution in [0.4, 0.5) is 11.4 Å². The van der Waals surface area contributed by atoms with Gasteiger partial charge in [-0.05, 0) is 74.9 Å². The van der Waals surface area contributed by atoms with Gasteiger partial charge in [-0.1, -0.05) is 86.7 Å². The number of fused-ring (bicyclic) bond motifs is 2. The molecule has 1 aliphatic carbocycles. The number of Topliss-reactive ketones (excluding diaryl/α,β-unsaturated/α-hetero) is 1. The van der Waals surface area contributed by atoms with E-state index >= 15 is 0 Å². The van der Waals surface area contributed by atoms with Crippen LogP contribution in [-0.4, -0.2) is 19.9 Å². The van der Waals surface area contributed by atoms with Crippen LogP contribution in [0.3, 0.4) is 0 Å². The van der Waals surface area contributed by atoms with Crippen molar-refractivity contribution in [2.24, 2.45) is 0 Å². The van der Waals surface area contributed by atoms with Crippen LogP contribution in [-0.2, 0) is 15.6 Å². The van der Waals surface area contributed by atoms with Crippen molar-refractivity contribution >= 4 is 17.2 Å². The molecule has 0 bridgehead atoms. The van der Waals surface area contributed by atoms with Gasteiger partial charge in [-0.2, -0.15) is 0 Å². The van der Waals surface area contributed by atoms with Gasteiger partial charge in [0.15, 0.2) is 5.78 Å². The maximum Gasteiger partial charge on any atom is 0.185 e. The Morgan fingerprint density at radius 1 is 0.650 bits per heavy atom. The summed E-state index contributed by atoms with van der Waals surface area (Å²) in [7, 11) is 4.29. The average Bonchev–Trinajstić information content (AvgIpc) is 3.52. The van der Waals surface area contributed by atoms with Gasteiger partial charge >= 0.3 is 0 Å². The van der Waals surface area contributed by atoms with Gasteiger partial charge in [0.2, 0.25) is 0 Å². The summed E-state index contributed by atoms with van der Waals surface area (Å²) in [6, 6.07) is 17.3. The van der Waals surface area contributed by atoms with E-state index in [1.54, 1.807) is 0 Å². The van der Waals surface area contributed by atoms with E-state index < -0.39 is 0 Å². The fourth-order valence-electron chi connectivity index (χ4n) is 6.73. The van der Waals surface area contributed by atoms with Crippen molar-refractivity contribution in [2.75, 3.05) is 23.9 Å². The number of rotatable bonds is 6. The largest absolute Gasteiger partial charge is 0.347 e. The van der Waals surface area contributed by atoms with E-state index in [1.165, 1.54) is 33.9 Å². The Morgan fingerprint density at radius 3 is 1.43 bits per heavy atom. The van der Waals surface area contributed by atoms with Crippen LogP contribution < -0.4 is 9.80 Å². The average molecular weight is 531 g/mol. The molecule has 1 saturated carbocycles. The van der Waals surface area contributed by atoms with Crippen LogP contribution in [0.1, 0.15) is 64.5 Å². The highest BCUT2D eigenvalue weighted by Crippen LogP contribution is 2.50. The number of anilines is 2. The third-order valence-corrected chi connectivity index (χ3v) is 9.56. The summed E-state index contributed by atoms with van der Waals surface area (Å²) < 4.78 is 0. The quantitative estimate of drug-likeness (QED) is 0.349. The molecule has 0 radical (unpaired) electrons.